The van der Waals surface area contributed by atoms with Crippen LogP contribution < -0.4 is 4.90 Å². The quantitative estimate of drug-likeness (QED) is 0.138. The lowest BCUT2D eigenvalue weighted by molar-refractivity contribution is 1.28. The summed E-state index contributed by atoms with van der Waals surface area (Å²) < 4.78 is 0. The first-order valence-electron chi connectivity index (χ1n) is 22.4. The van der Waals surface area contributed by atoms with Gasteiger partial charge in [-0.15, -0.1) is 0 Å². The Morgan fingerprint density at radius 1 is 0.200 bits per heavy atom. The summed E-state index contributed by atoms with van der Waals surface area (Å²) in [5.41, 5.74) is 15.3. The highest BCUT2D eigenvalue weighted by Gasteiger charge is 2.19. The smallest absolute Gasteiger partial charge is 0.0467 e. The molecule has 12 aromatic carbocycles. The topological polar surface area (TPSA) is 3.24 Å². The third-order valence-corrected chi connectivity index (χ3v) is 13.0. The molecule has 0 bridgehead atoms. The van der Waals surface area contributed by atoms with Crippen molar-refractivity contribution in [1.82, 2.24) is 0 Å². The zero-order chi connectivity index (χ0) is 43.1. The van der Waals surface area contributed by atoms with Gasteiger partial charge in [0, 0.05) is 17.1 Å². The molecule has 0 N–H and O–H groups in total. The summed E-state index contributed by atoms with van der Waals surface area (Å²) in [6.45, 7) is 0. The highest BCUT2D eigenvalue weighted by Crippen LogP contribution is 2.46. The largest absolute Gasteiger partial charge is 0.310 e. The van der Waals surface area contributed by atoms with Crippen molar-refractivity contribution in [3.63, 3.8) is 0 Å². The minimum Gasteiger partial charge on any atom is -0.310 e. The second-order valence-electron chi connectivity index (χ2n) is 16.9. The van der Waals surface area contributed by atoms with Crippen LogP contribution in [0.4, 0.5) is 17.1 Å². The van der Waals surface area contributed by atoms with E-state index >= 15 is 0 Å². The fourth-order valence-corrected chi connectivity index (χ4v) is 9.91. The second kappa shape index (κ2) is 16.3. The third kappa shape index (κ3) is 7.01. The van der Waals surface area contributed by atoms with E-state index in [1.54, 1.807) is 0 Å². The number of fused-ring (bicyclic) bond motifs is 5. The van der Waals surface area contributed by atoms with E-state index in [4.69, 9.17) is 0 Å². The Morgan fingerprint density at radius 3 is 1.42 bits per heavy atom. The van der Waals surface area contributed by atoms with Gasteiger partial charge in [-0.25, -0.2) is 0 Å². The summed E-state index contributed by atoms with van der Waals surface area (Å²) in [5.74, 6) is 0. The van der Waals surface area contributed by atoms with E-state index in [1.807, 2.05) is 0 Å². The number of nitrogens with zero attached hydrogens (tertiary/aromatic N) is 1. The summed E-state index contributed by atoms with van der Waals surface area (Å²) in [7, 11) is 0. The number of hydrogen-bond acceptors (Lipinski definition) is 1. The predicted octanol–water partition coefficient (Wildman–Crippen LogP) is 18.1. The zero-order valence-electron chi connectivity index (χ0n) is 35.8. The molecule has 0 spiro atoms. The van der Waals surface area contributed by atoms with Crippen LogP contribution in [0.25, 0.3) is 98.7 Å². The fraction of sp³-hybridized carbons (Fsp3) is 0. The molecule has 0 fully saturated rings. The standard InChI is InChI=1S/C64H43N/c1-3-18-47(19-4-1)63-61-30-12-11-29-59(61)60-39-36-52(43-62(60)64(63)48-20-5-2-6-21-48)45-34-37-54(38-35-45)65(55-26-13-24-50(41-55)51-33-32-44-16-7-8-22-49(44)40-51)56-27-14-25-53(42-56)58-31-15-23-46-17-9-10-28-57(46)58/h1-43H. The maximum absolute atomic E-state index is 2.41. The molecule has 0 radical (unpaired) electrons. The second-order valence-corrected chi connectivity index (χ2v) is 16.9. The Hall–Kier alpha value is -8.52. The normalized spacial score (nSPS) is 11.4. The molecule has 0 atom stereocenters. The maximum atomic E-state index is 2.41. The van der Waals surface area contributed by atoms with Crippen molar-refractivity contribution in [2.75, 3.05) is 4.90 Å². The van der Waals surface area contributed by atoms with Crippen molar-refractivity contribution in [2.45, 2.75) is 0 Å². The molecule has 0 unspecified atom stereocenters. The van der Waals surface area contributed by atoms with Gasteiger partial charge in [-0.3, -0.25) is 0 Å². The Labute approximate surface area is 379 Å². The van der Waals surface area contributed by atoms with E-state index in [2.05, 4.69) is 266 Å². The summed E-state index contributed by atoms with van der Waals surface area (Å²) in [6.07, 6.45) is 0. The first-order chi connectivity index (χ1) is 32.2. The van der Waals surface area contributed by atoms with Gasteiger partial charge in [0.2, 0.25) is 0 Å². The fourth-order valence-electron chi connectivity index (χ4n) is 9.91. The lowest BCUT2D eigenvalue weighted by Gasteiger charge is -2.27. The highest BCUT2D eigenvalue weighted by atomic mass is 15.1. The van der Waals surface area contributed by atoms with Gasteiger partial charge in [0.05, 0.1) is 0 Å². The first kappa shape index (κ1) is 38.2. The van der Waals surface area contributed by atoms with Crippen LogP contribution in [0.15, 0.2) is 261 Å². The molecule has 1 heteroatoms. The van der Waals surface area contributed by atoms with Crippen LogP contribution in [-0.4, -0.2) is 0 Å². The number of rotatable bonds is 8. The van der Waals surface area contributed by atoms with Crippen LogP contribution in [0.5, 0.6) is 0 Å². The van der Waals surface area contributed by atoms with E-state index in [0.717, 1.165) is 17.1 Å². The van der Waals surface area contributed by atoms with Gasteiger partial charge in [-0.05, 0) is 147 Å². The molecular formula is C64H43N. The van der Waals surface area contributed by atoms with Gasteiger partial charge < -0.3 is 4.90 Å². The Kier molecular flexibility index (Phi) is 9.58. The van der Waals surface area contributed by atoms with E-state index in [0.29, 0.717) is 0 Å². The van der Waals surface area contributed by atoms with Crippen LogP contribution in [-0.2, 0) is 0 Å². The van der Waals surface area contributed by atoms with E-state index in [-0.39, 0.29) is 0 Å². The van der Waals surface area contributed by atoms with E-state index < -0.39 is 0 Å². The minimum atomic E-state index is 1.09. The number of benzene rings is 12. The van der Waals surface area contributed by atoms with Crippen LogP contribution >= 0.6 is 0 Å². The molecule has 1 nitrogen and oxygen atoms in total. The Bertz CT molecular complexity index is 3700. The molecule has 0 saturated carbocycles. The van der Waals surface area contributed by atoms with Gasteiger partial charge in [0.25, 0.3) is 0 Å². The van der Waals surface area contributed by atoms with E-state index in [1.165, 1.54) is 98.7 Å². The van der Waals surface area contributed by atoms with Crippen molar-refractivity contribution in [3.05, 3.63) is 261 Å². The van der Waals surface area contributed by atoms with Crippen LogP contribution in [0.3, 0.4) is 0 Å². The summed E-state index contributed by atoms with van der Waals surface area (Å²) >= 11 is 0. The number of anilines is 3. The van der Waals surface area contributed by atoms with Gasteiger partial charge >= 0.3 is 0 Å². The van der Waals surface area contributed by atoms with Crippen molar-refractivity contribution in [2.24, 2.45) is 0 Å². The van der Waals surface area contributed by atoms with Gasteiger partial charge in [-0.1, -0.05) is 212 Å². The SMILES string of the molecule is c1ccc(-c2c(-c3ccccc3)c3cc(-c4ccc(N(c5cccc(-c6ccc7ccccc7c6)c5)c5cccc(-c6cccc7ccccc67)c5)cc4)ccc3c3ccccc23)cc1. The average molecular weight is 826 g/mol. The molecule has 0 aliphatic rings. The molecule has 0 aliphatic heterocycles. The zero-order valence-corrected chi connectivity index (χ0v) is 35.8. The van der Waals surface area contributed by atoms with Crippen molar-refractivity contribution >= 4 is 60.2 Å². The first-order valence-corrected chi connectivity index (χ1v) is 22.4. The molecular weight excluding hydrogens is 783 g/mol. The van der Waals surface area contributed by atoms with Crippen LogP contribution in [0, 0.1) is 0 Å². The van der Waals surface area contributed by atoms with Gasteiger partial charge in [0.15, 0.2) is 0 Å². The summed E-state index contributed by atoms with van der Waals surface area (Å²) in [4.78, 5) is 2.40. The lowest BCUT2D eigenvalue weighted by Crippen LogP contribution is -2.10. The third-order valence-electron chi connectivity index (χ3n) is 13.0. The average Bonchev–Trinajstić information content (AvgIpc) is 3.39. The molecule has 0 aromatic heterocycles. The molecule has 65 heavy (non-hydrogen) atoms. The maximum Gasteiger partial charge on any atom is 0.0467 e. The highest BCUT2D eigenvalue weighted by molar-refractivity contribution is 6.22. The van der Waals surface area contributed by atoms with Crippen LogP contribution in [0.1, 0.15) is 0 Å². The molecule has 0 aliphatic carbocycles. The van der Waals surface area contributed by atoms with E-state index in [9.17, 15) is 0 Å². The molecule has 0 amide bonds. The van der Waals surface area contributed by atoms with Crippen molar-refractivity contribution in [1.29, 1.82) is 0 Å². The minimum absolute atomic E-state index is 1.09. The Morgan fingerprint density at radius 2 is 0.677 bits per heavy atom. The predicted molar refractivity (Wildman–Crippen MR) is 278 cm³/mol. The number of hydrogen-bond donors (Lipinski definition) is 0. The molecule has 0 heterocycles. The lowest BCUT2D eigenvalue weighted by atomic mass is 9.84. The Balaban J connectivity index is 1.01. The summed E-state index contributed by atoms with van der Waals surface area (Å²) in [5, 5.41) is 9.98. The summed E-state index contributed by atoms with van der Waals surface area (Å²) in [6, 6.07) is 95.3. The molecule has 12 rings (SSSR count). The monoisotopic (exact) mass is 825 g/mol. The molecule has 304 valence electrons. The molecule has 0 saturated heterocycles. The van der Waals surface area contributed by atoms with Gasteiger partial charge in [0.1, 0.15) is 0 Å². The van der Waals surface area contributed by atoms with Gasteiger partial charge in [-0.2, -0.15) is 0 Å². The van der Waals surface area contributed by atoms with Crippen LogP contribution in [0.2, 0.25) is 0 Å². The molecule has 12 aromatic rings. The van der Waals surface area contributed by atoms with Crippen molar-refractivity contribution < 1.29 is 0 Å². The van der Waals surface area contributed by atoms with Crippen molar-refractivity contribution in [3.8, 4) is 55.6 Å².